The summed E-state index contributed by atoms with van der Waals surface area (Å²) in [4.78, 5) is 29.2. The fourth-order valence-electron chi connectivity index (χ4n) is 4.63. The average molecular weight is 598 g/mol. The van der Waals surface area contributed by atoms with Crippen LogP contribution in [-0.2, 0) is 32.6 Å². The summed E-state index contributed by atoms with van der Waals surface area (Å²) in [6.45, 7) is 7.92. The molecule has 220 valence electrons. The van der Waals surface area contributed by atoms with E-state index in [1.165, 1.54) is 4.31 Å². The molecule has 3 rings (SSSR count). The van der Waals surface area contributed by atoms with Gasteiger partial charge < -0.3 is 10.2 Å². The average Bonchev–Trinajstić information content (AvgIpc) is 2.87. The van der Waals surface area contributed by atoms with Crippen molar-refractivity contribution in [3.8, 4) is 0 Å². The Morgan fingerprint density at radius 2 is 1.59 bits per heavy atom. The molecule has 0 aliphatic rings. The lowest BCUT2D eigenvalue weighted by Crippen LogP contribution is -2.54. The molecular formula is C32H40ClN3O4S. The van der Waals surface area contributed by atoms with E-state index >= 15 is 0 Å². The van der Waals surface area contributed by atoms with E-state index in [1.54, 1.807) is 29.2 Å². The van der Waals surface area contributed by atoms with Crippen LogP contribution in [0.4, 0.5) is 5.69 Å². The van der Waals surface area contributed by atoms with Crippen molar-refractivity contribution in [1.29, 1.82) is 0 Å². The fourth-order valence-corrected chi connectivity index (χ4v) is 5.80. The van der Waals surface area contributed by atoms with Crippen LogP contribution >= 0.6 is 11.6 Å². The third-order valence-electron chi connectivity index (χ3n) is 6.45. The Hall–Kier alpha value is -3.36. The number of amides is 2. The highest BCUT2D eigenvalue weighted by atomic mass is 35.5. The number of nitrogens with zero attached hydrogens (tertiary/aromatic N) is 2. The molecule has 0 heterocycles. The summed E-state index contributed by atoms with van der Waals surface area (Å²) in [5.74, 6) is -0.498. The minimum atomic E-state index is -3.57. The highest BCUT2D eigenvalue weighted by Crippen LogP contribution is 2.22. The maximum absolute atomic E-state index is 13.9. The largest absolute Gasteiger partial charge is 0.350 e. The van der Waals surface area contributed by atoms with Gasteiger partial charge in [0.1, 0.15) is 6.04 Å². The number of carbonyl (C=O) groups is 2. The highest BCUT2D eigenvalue weighted by molar-refractivity contribution is 7.92. The van der Waals surface area contributed by atoms with Gasteiger partial charge in [-0.15, -0.1) is 0 Å². The zero-order valence-electron chi connectivity index (χ0n) is 24.4. The molecule has 1 N–H and O–H groups in total. The first-order chi connectivity index (χ1) is 19.2. The van der Waals surface area contributed by atoms with Crippen molar-refractivity contribution < 1.29 is 18.0 Å². The van der Waals surface area contributed by atoms with Gasteiger partial charge in [-0.3, -0.25) is 13.9 Å². The molecule has 9 heteroatoms. The second kappa shape index (κ2) is 14.0. The molecule has 0 bridgehead atoms. The van der Waals surface area contributed by atoms with Crippen LogP contribution in [0.1, 0.15) is 50.3 Å². The number of hydrogen-bond donors (Lipinski definition) is 1. The van der Waals surface area contributed by atoms with E-state index in [0.29, 0.717) is 17.1 Å². The Bertz CT molecular complexity index is 1440. The van der Waals surface area contributed by atoms with E-state index in [1.807, 2.05) is 82.3 Å². The van der Waals surface area contributed by atoms with Crippen molar-refractivity contribution in [2.75, 3.05) is 17.1 Å². The molecule has 3 aromatic carbocycles. The number of aryl methyl sites for hydroxylation is 1. The lowest BCUT2D eigenvalue weighted by Gasteiger charge is -2.34. The summed E-state index contributed by atoms with van der Waals surface area (Å²) in [6.07, 6.45) is 1.83. The second-order valence-corrected chi connectivity index (χ2v) is 13.7. The summed E-state index contributed by atoms with van der Waals surface area (Å²) in [5, 5.41) is 3.58. The molecule has 2 amide bonds. The molecule has 41 heavy (non-hydrogen) atoms. The number of benzene rings is 3. The summed E-state index contributed by atoms with van der Waals surface area (Å²) in [6, 6.07) is 23.3. The predicted molar refractivity (Wildman–Crippen MR) is 166 cm³/mol. The van der Waals surface area contributed by atoms with E-state index in [4.69, 9.17) is 11.6 Å². The third-order valence-corrected chi connectivity index (χ3v) is 7.88. The number of anilines is 1. The van der Waals surface area contributed by atoms with Gasteiger partial charge in [0.25, 0.3) is 0 Å². The van der Waals surface area contributed by atoms with Crippen molar-refractivity contribution in [2.45, 2.75) is 65.1 Å². The molecule has 0 radical (unpaired) electrons. The molecule has 1 atom stereocenters. The molecule has 3 aromatic rings. The van der Waals surface area contributed by atoms with Crippen LogP contribution in [0.2, 0.25) is 5.02 Å². The van der Waals surface area contributed by atoms with Gasteiger partial charge in [0.05, 0.1) is 11.9 Å². The first kappa shape index (κ1) is 32.2. The van der Waals surface area contributed by atoms with E-state index in [2.05, 4.69) is 5.32 Å². The zero-order chi connectivity index (χ0) is 30.2. The maximum atomic E-state index is 13.9. The van der Waals surface area contributed by atoms with Crippen LogP contribution in [0, 0.1) is 6.92 Å². The number of sulfonamides is 1. The summed E-state index contributed by atoms with van der Waals surface area (Å²) >= 11 is 6.25. The van der Waals surface area contributed by atoms with Crippen LogP contribution in [0.5, 0.6) is 0 Å². The van der Waals surface area contributed by atoms with Crippen molar-refractivity contribution >= 4 is 39.1 Å². The minimum absolute atomic E-state index is 0.0620. The maximum Gasteiger partial charge on any atom is 0.243 e. The van der Waals surface area contributed by atoms with Crippen molar-refractivity contribution in [3.63, 3.8) is 0 Å². The van der Waals surface area contributed by atoms with Gasteiger partial charge in [-0.2, -0.15) is 0 Å². The monoisotopic (exact) mass is 597 g/mol. The van der Waals surface area contributed by atoms with E-state index in [-0.39, 0.29) is 37.7 Å². The van der Waals surface area contributed by atoms with Crippen LogP contribution in [0.3, 0.4) is 0 Å². The van der Waals surface area contributed by atoms with Crippen LogP contribution in [0.25, 0.3) is 0 Å². The molecular weight excluding hydrogens is 558 g/mol. The molecule has 7 nitrogen and oxygen atoms in total. The fraction of sp³-hybridized carbons (Fsp3) is 0.375. The molecule has 0 aliphatic carbocycles. The number of rotatable bonds is 12. The van der Waals surface area contributed by atoms with E-state index < -0.39 is 21.6 Å². The molecule has 0 unspecified atom stereocenters. The molecule has 0 spiro atoms. The number of hydrogen-bond acceptors (Lipinski definition) is 4. The van der Waals surface area contributed by atoms with Gasteiger partial charge >= 0.3 is 0 Å². The number of nitrogens with one attached hydrogen (secondary N) is 1. The zero-order valence-corrected chi connectivity index (χ0v) is 26.0. The third kappa shape index (κ3) is 10.2. The summed E-state index contributed by atoms with van der Waals surface area (Å²) in [7, 11) is -3.57. The van der Waals surface area contributed by atoms with Gasteiger partial charge in [-0.25, -0.2) is 8.42 Å². The number of halogens is 1. The highest BCUT2D eigenvalue weighted by Gasteiger charge is 2.32. The van der Waals surface area contributed by atoms with Crippen molar-refractivity contribution in [3.05, 3.63) is 101 Å². The Morgan fingerprint density at radius 1 is 0.927 bits per heavy atom. The van der Waals surface area contributed by atoms with Crippen molar-refractivity contribution in [2.24, 2.45) is 0 Å². The first-order valence-corrected chi connectivity index (χ1v) is 15.9. The first-order valence-electron chi connectivity index (χ1n) is 13.7. The SMILES string of the molecule is Cc1cccc(N(CCCC(=O)N(Cc2cccc(Cl)c2)[C@H](Cc2ccccc2)C(=O)NC(C)(C)C)S(C)(=O)=O)c1. The topological polar surface area (TPSA) is 86.8 Å². The molecule has 0 saturated heterocycles. The molecule has 0 fully saturated rings. The number of carbonyl (C=O) groups excluding carboxylic acids is 2. The van der Waals surface area contributed by atoms with Gasteiger partial charge in [-0.05, 0) is 75.1 Å². The Labute approximate surface area is 249 Å². The van der Waals surface area contributed by atoms with Crippen LogP contribution in [-0.4, -0.2) is 49.5 Å². The minimum Gasteiger partial charge on any atom is -0.350 e. The second-order valence-electron chi connectivity index (χ2n) is 11.4. The van der Waals surface area contributed by atoms with Gasteiger partial charge in [-0.1, -0.05) is 66.2 Å². The molecule has 0 aliphatic heterocycles. The van der Waals surface area contributed by atoms with Crippen LogP contribution < -0.4 is 9.62 Å². The summed E-state index contributed by atoms with van der Waals surface area (Å²) < 4.78 is 26.6. The standard InChI is InChI=1S/C32H40ClN3O4S/c1-24-12-9-17-28(20-24)36(41(5,39)40)19-11-18-30(37)35(23-26-15-10-16-27(33)21-26)29(31(38)34-32(2,3)4)22-25-13-7-6-8-14-25/h6-10,12-17,20-21,29H,11,18-19,22-23H2,1-5H3,(H,34,38)/t29-/m1/s1. The van der Waals surface area contributed by atoms with E-state index in [9.17, 15) is 18.0 Å². The quantitative estimate of drug-likeness (QED) is 0.288. The molecule has 0 saturated carbocycles. The smallest absolute Gasteiger partial charge is 0.243 e. The Kier molecular flexibility index (Phi) is 11.0. The van der Waals surface area contributed by atoms with Crippen molar-refractivity contribution in [1.82, 2.24) is 10.2 Å². The lowest BCUT2D eigenvalue weighted by atomic mass is 10.00. The summed E-state index contributed by atoms with van der Waals surface area (Å²) in [5.41, 5.74) is 2.72. The normalized spacial score (nSPS) is 12.4. The van der Waals surface area contributed by atoms with Gasteiger partial charge in [0.15, 0.2) is 0 Å². The van der Waals surface area contributed by atoms with Crippen LogP contribution in [0.15, 0.2) is 78.9 Å². The predicted octanol–water partition coefficient (Wildman–Crippen LogP) is 5.75. The van der Waals surface area contributed by atoms with Gasteiger partial charge in [0, 0.05) is 36.5 Å². The van der Waals surface area contributed by atoms with Gasteiger partial charge in [0.2, 0.25) is 21.8 Å². The Morgan fingerprint density at radius 3 is 2.20 bits per heavy atom. The lowest BCUT2D eigenvalue weighted by molar-refractivity contribution is -0.142. The van der Waals surface area contributed by atoms with E-state index in [0.717, 1.165) is 22.9 Å². The molecule has 0 aromatic heterocycles. The Balaban J connectivity index is 1.90.